The normalized spacial score (nSPS) is 24.2. The number of aromatic nitrogens is 2. The predicted octanol–water partition coefficient (Wildman–Crippen LogP) is 1.47. The molecule has 0 bridgehead atoms. The van der Waals surface area contributed by atoms with Crippen LogP contribution in [0.15, 0.2) is 17.2 Å². The molecule has 0 saturated heterocycles. The molecule has 2 N–H and O–H groups in total. The zero-order valence-corrected chi connectivity index (χ0v) is 11.0. The molecule has 5 nitrogen and oxygen atoms in total. The molecule has 2 rings (SSSR count). The zero-order chi connectivity index (χ0) is 13.1. The Kier molecular flexibility index (Phi) is 4.01. The molecule has 0 spiro atoms. The average Bonchev–Trinajstić information content (AvgIpc) is 2.31. The van der Waals surface area contributed by atoms with Crippen molar-refractivity contribution in [1.82, 2.24) is 9.55 Å². The summed E-state index contributed by atoms with van der Waals surface area (Å²) in [5.74, 6) is 0.199. The van der Waals surface area contributed by atoms with Crippen molar-refractivity contribution in [3.63, 3.8) is 0 Å². The molecule has 1 aliphatic carbocycles. The molecule has 1 fully saturated rings. The van der Waals surface area contributed by atoms with Gasteiger partial charge in [-0.3, -0.25) is 4.79 Å². The van der Waals surface area contributed by atoms with Gasteiger partial charge in [-0.2, -0.15) is 0 Å². The standard InChI is InChI=1S/C13H21N3O2/c1-9(2)16-7-6-15-12(13(16)17)18-11-5-3-4-10(14)8-11/h6-7,9-11H,3-5,8,14H2,1-2H3. The summed E-state index contributed by atoms with van der Waals surface area (Å²) in [6.45, 7) is 3.92. The fourth-order valence-electron chi connectivity index (χ4n) is 2.34. The summed E-state index contributed by atoms with van der Waals surface area (Å²) in [7, 11) is 0. The Morgan fingerprint density at radius 2 is 2.28 bits per heavy atom. The van der Waals surface area contributed by atoms with Crippen LogP contribution in [0.3, 0.4) is 0 Å². The van der Waals surface area contributed by atoms with Gasteiger partial charge < -0.3 is 15.0 Å². The molecule has 1 heterocycles. The summed E-state index contributed by atoms with van der Waals surface area (Å²) >= 11 is 0. The molecular formula is C13H21N3O2. The molecule has 2 unspecified atom stereocenters. The highest BCUT2D eigenvalue weighted by atomic mass is 16.5. The average molecular weight is 251 g/mol. The van der Waals surface area contributed by atoms with E-state index < -0.39 is 0 Å². The SMILES string of the molecule is CC(C)n1ccnc(OC2CCCC(N)C2)c1=O. The molecule has 5 heteroatoms. The number of nitrogens with zero attached hydrogens (tertiary/aromatic N) is 2. The Morgan fingerprint density at radius 1 is 1.50 bits per heavy atom. The summed E-state index contributed by atoms with van der Waals surface area (Å²) in [4.78, 5) is 16.2. The summed E-state index contributed by atoms with van der Waals surface area (Å²) in [5, 5.41) is 0. The Bertz CT molecular complexity index is 456. The second-order valence-electron chi connectivity index (χ2n) is 5.21. The molecule has 1 saturated carbocycles. The lowest BCUT2D eigenvalue weighted by Gasteiger charge is -2.26. The van der Waals surface area contributed by atoms with Crippen LogP contribution in [0.2, 0.25) is 0 Å². The minimum Gasteiger partial charge on any atom is -0.470 e. The fourth-order valence-corrected chi connectivity index (χ4v) is 2.34. The number of hydrogen-bond acceptors (Lipinski definition) is 4. The zero-order valence-electron chi connectivity index (χ0n) is 11.0. The Balaban J connectivity index is 2.14. The van der Waals surface area contributed by atoms with Gasteiger partial charge in [0.1, 0.15) is 6.10 Å². The lowest BCUT2D eigenvalue weighted by molar-refractivity contribution is 0.135. The van der Waals surface area contributed by atoms with Crippen LogP contribution in [0.4, 0.5) is 0 Å². The highest BCUT2D eigenvalue weighted by Crippen LogP contribution is 2.20. The smallest absolute Gasteiger partial charge is 0.313 e. The van der Waals surface area contributed by atoms with Gasteiger partial charge in [-0.15, -0.1) is 0 Å². The van der Waals surface area contributed by atoms with Gasteiger partial charge in [0.05, 0.1) is 0 Å². The molecule has 0 aromatic carbocycles. The topological polar surface area (TPSA) is 70.1 Å². The minimum atomic E-state index is -0.161. The summed E-state index contributed by atoms with van der Waals surface area (Å²) in [6, 6.07) is 0.288. The van der Waals surface area contributed by atoms with Crippen molar-refractivity contribution in [3.8, 4) is 5.88 Å². The van der Waals surface area contributed by atoms with E-state index in [2.05, 4.69) is 4.98 Å². The summed E-state index contributed by atoms with van der Waals surface area (Å²) in [6.07, 6.45) is 7.17. The minimum absolute atomic E-state index is 0.0250. The second-order valence-corrected chi connectivity index (χ2v) is 5.21. The molecule has 100 valence electrons. The number of rotatable bonds is 3. The van der Waals surface area contributed by atoms with E-state index in [0.29, 0.717) is 0 Å². The van der Waals surface area contributed by atoms with E-state index in [1.54, 1.807) is 17.0 Å². The summed E-state index contributed by atoms with van der Waals surface area (Å²) < 4.78 is 7.35. The van der Waals surface area contributed by atoms with Crippen molar-refractivity contribution >= 4 is 0 Å². The first-order valence-corrected chi connectivity index (χ1v) is 6.57. The van der Waals surface area contributed by atoms with Crippen molar-refractivity contribution in [3.05, 3.63) is 22.7 Å². The third kappa shape index (κ3) is 2.90. The number of ether oxygens (including phenoxy) is 1. The monoisotopic (exact) mass is 251 g/mol. The van der Waals surface area contributed by atoms with Gasteiger partial charge in [-0.25, -0.2) is 4.98 Å². The quantitative estimate of drug-likeness (QED) is 0.883. The molecule has 1 aromatic rings. The van der Waals surface area contributed by atoms with Gasteiger partial charge in [-0.05, 0) is 39.5 Å². The maximum Gasteiger partial charge on any atom is 0.313 e. The van der Waals surface area contributed by atoms with E-state index in [1.807, 2.05) is 13.8 Å². The highest BCUT2D eigenvalue weighted by molar-refractivity contribution is 5.06. The lowest BCUT2D eigenvalue weighted by Crippen LogP contribution is -2.35. The Morgan fingerprint density at radius 3 is 2.94 bits per heavy atom. The van der Waals surface area contributed by atoms with Crippen LogP contribution >= 0.6 is 0 Å². The molecular weight excluding hydrogens is 230 g/mol. The van der Waals surface area contributed by atoms with E-state index >= 15 is 0 Å². The van der Waals surface area contributed by atoms with Gasteiger partial charge in [0.2, 0.25) is 0 Å². The van der Waals surface area contributed by atoms with Gasteiger partial charge in [-0.1, -0.05) is 0 Å². The molecule has 0 aliphatic heterocycles. The van der Waals surface area contributed by atoms with Crippen LogP contribution in [0.5, 0.6) is 5.88 Å². The molecule has 18 heavy (non-hydrogen) atoms. The maximum atomic E-state index is 12.1. The number of hydrogen-bond donors (Lipinski definition) is 1. The fraction of sp³-hybridized carbons (Fsp3) is 0.692. The molecule has 0 amide bonds. The predicted molar refractivity (Wildman–Crippen MR) is 69.7 cm³/mol. The van der Waals surface area contributed by atoms with Crippen LogP contribution < -0.4 is 16.0 Å². The van der Waals surface area contributed by atoms with Crippen molar-refractivity contribution < 1.29 is 4.74 Å². The third-order valence-corrected chi connectivity index (χ3v) is 3.34. The van der Waals surface area contributed by atoms with E-state index in [-0.39, 0.29) is 29.6 Å². The third-order valence-electron chi connectivity index (χ3n) is 3.34. The van der Waals surface area contributed by atoms with Crippen molar-refractivity contribution in [2.75, 3.05) is 0 Å². The van der Waals surface area contributed by atoms with Crippen LogP contribution in [-0.4, -0.2) is 21.7 Å². The first-order chi connectivity index (χ1) is 8.58. The number of nitrogens with two attached hydrogens (primary N) is 1. The van der Waals surface area contributed by atoms with Crippen molar-refractivity contribution in [2.24, 2.45) is 5.73 Å². The van der Waals surface area contributed by atoms with E-state index in [1.165, 1.54) is 0 Å². The van der Waals surface area contributed by atoms with Gasteiger partial charge in [0.25, 0.3) is 5.88 Å². The second kappa shape index (κ2) is 5.52. The lowest BCUT2D eigenvalue weighted by atomic mass is 9.94. The van der Waals surface area contributed by atoms with E-state index in [0.717, 1.165) is 25.7 Å². The Labute approximate surface area is 107 Å². The first kappa shape index (κ1) is 13.1. The van der Waals surface area contributed by atoms with Crippen LogP contribution in [0, 0.1) is 0 Å². The van der Waals surface area contributed by atoms with E-state index in [9.17, 15) is 4.79 Å². The van der Waals surface area contributed by atoms with Gasteiger partial charge in [0, 0.05) is 24.5 Å². The van der Waals surface area contributed by atoms with Crippen LogP contribution in [-0.2, 0) is 0 Å². The van der Waals surface area contributed by atoms with E-state index in [4.69, 9.17) is 10.5 Å². The van der Waals surface area contributed by atoms with Crippen LogP contribution in [0.25, 0.3) is 0 Å². The van der Waals surface area contributed by atoms with Crippen molar-refractivity contribution in [2.45, 2.75) is 57.7 Å². The largest absolute Gasteiger partial charge is 0.470 e. The van der Waals surface area contributed by atoms with Gasteiger partial charge >= 0.3 is 5.56 Å². The van der Waals surface area contributed by atoms with Crippen molar-refractivity contribution in [1.29, 1.82) is 0 Å². The first-order valence-electron chi connectivity index (χ1n) is 6.57. The molecule has 2 atom stereocenters. The maximum absolute atomic E-state index is 12.1. The highest BCUT2D eigenvalue weighted by Gasteiger charge is 2.22. The molecule has 1 aliphatic rings. The van der Waals surface area contributed by atoms with Gasteiger partial charge in [0.15, 0.2) is 0 Å². The Hall–Kier alpha value is -1.36. The molecule has 1 aromatic heterocycles. The molecule has 0 radical (unpaired) electrons. The van der Waals surface area contributed by atoms with Crippen LogP contribution in [0.1, 0.15) is 45.6 Å². The summed E-state index contributed by atoms with van der Waals surface area (Å²) in [5.41, 5.74) is 5.75.